The first-order chi connectivity index (χ1) is 6.86. The SMILES string of the molecule is Cc1cccc2c1oc1c#cccc12. The first-order valence-electron chi connectivity index (χ1n) is 4.56. The first-order valence-corrected chi connectivity index (χ1v) is 4.56. The third kappa shape index (κ3) is 0.856. The molecule has 14 heavy (non-hydrogen) atoms. The lowest BCUT2D eigenvalue weighted by atomic mass is 10.1. The predicted molar refractivity (Wildman–Crippen MR) is 56.1 cm³/mol. The van der Waals surface area contributed by atoms with Crippen molar-refractivity contribution in [2.24, 2.45) is 0 Å². The Balaban J connectivity index is 2.63. The van der Waals surface area contributed by atoms with Crippen molar-refractivity contribution in [1.29, 1.82) is 0 Å². The topological polar surface area (TPSA) is 13.1 Å². The molecule has 0 saturated heterocycles. The second-order valence-corrected chi connectivity index (χ2v) is 3.40. The Hall–Kier alpha value is -1.94. The Morgan fingerprint density at radius 2 is 2.07 bits per heavy atom. The molecule has 1 aromatic heterocycles. The van der Waals surface area contributed by atoms with Gasteiger partial charge in [0.1, 0.15) is 5.58 Å². The Kier molecular flexibility index (Phi) is 1.35. The van der Waals surface area contributed by atoms with Crippen LogP contribution in [0.15, 0.2) is 34.7 Å². The van der Waals surface area contributed by atoms with Gasteiger partial charge < -0.3 is 4.42 Å². The highest BCUT2D eigenvalue weighted by atomic mass is 16.3. The van der Waals surface area contributed by atoms with Crippen LogP contribution < -0.4 is 0 Å². The second kappa shape index (κ2) is 2.52. The minimum atomic E-state index is 0.789. The number of benzene rings is 1. The third-order valence-corrected chi connectivity index (χ3v) is 2.47. The molecule has 0 N–H and O–H groups in total. The van der Waals surface area contributed by atoms with Gasteiger partial charge >= 0.3 is 0 Å². The summed E-state index contributed by atoms with van der Waals surface area (Å²) in [6.07, 6.45) is 0. The van der Waals surface area contributed by atoms with Crippen molar-refractivity contribution in [3.05, 3.63) is 48.0 Å². The van der Waals surface area contributed by atoms with E-state index in [1.807, 2.05) is 18.2 Å². The van der Waals surface area contributed by atoms with Crippen LogP contribution in [0.1, 0.15) is 5.56 Å². The molecule has 0 aliphatic heterocycles. The van der Waals surface area contributed by atoms with Crippen molar-refractivity contribution >= 4 is 21.9 Å². The van der Waals surface area contributed by atoms with Crippen molar-refractivity contribution < 1.29 is 4.42 Å². The predicted octanol–water partition coefficient (Wildman–Crippen LogP) is 3.49. The van der Waals surface area contributed by atoms with E-state index in [0.29, 0.717) is 0 Å². The molecule has 0 bridgehead atoms. The molecule has 3 aromatic rings. The largest absolute Gasteiger partial charge is 0.447 e. The van der Waals surface area contributed by atoms with Gasteiger partial charge in [0.2, 0.25) is 0 Å². The van der Waals surface area contributed by atoms with Gasteiger partial charge in [0.15, 0.2) is 5.58 Å². The summed E-state index contributed by atoms with van der Waals surface area (Å²) in [6.45, 7) is 2.05. The Labute approximate surface area is 82.0 Å². The van der Waals surface area contributed by atoms with Crippen molar-refractivity contribution in [1.82, 2.24) is 0 Å². The summed E-state index contributed by atoms with van der Waals surface area (Å²) in [7, 11) is 0. The van der Waals surface area contributed by atoms with Crippen LogP contribution in [0.4, 0.5) is 0 Å². The fraction of sp³-hybridized carbons (Fsp3) is 0.0769. The van der Waals surface area contributed by atoms with Gasteiger partial charge in [-0.1, -0.05) is 24.3 Å². The average molecular weight is 180 g/mol. The Bertz CT molecular complexity index is 605. The van der Waals surface area contributed by atoms with E-state index in [0.717, 1.165) is 27.5 Å². The van der Waals surface area contributed by atoms with Gasteiger partial charge in [0, 0.05) is 10.8 Å². The van der Waals surface area contributed by atoms with Crippen molar-refractivity contribution in [2.45, 2.75) is 6.92 Å². The smallest absolute Gasteiger partial charge is 0.185 e. The highest BCUT2D eigenvalue weighted by Crippen LogP contribution is 2.28. The molecule has 66 valence electrons. The molecule has 0 fully saturated rings. The molecule has 3 rings (SSSR count). The van der Waals surface area contributed by atoms with Crippen LogP contribution in [-0.2, 0) is 0 Å². The molecular formula is C13H8O. The summed E-state index contributed by atoms with van der Waals surface area (Å²) in [5.41, 5.74) is 2.90. The molecule has 1 heterocycles. The minimum Gasteiger partial charge on any atom is -0.447 e. The summed E-state index contributed by atoms with van der Waals surface area (Å²) >= 11 is 0. The maximum atomic E-state index is 5.70. The van der Waals surface area contributed by atoms with Gasteiger partial charge in [0.25, 0.3) is 0 Å². The minimum absolute atomic E-state index is 0.789. The van der Waals surface area contributed by atoms with Gasteiger partial charge in [-0.05, 0) is 30.7 Å². The molecule has 0 amide bonds. The number of rotatable bonds is 0. The van der Waals surface area contributed by atoms with E-state index in [9.17, 15) is 0 Å². The standard InChI is InChI=1S/C13H8O/c1-9-5-4-7-11-10-6-2-3-8-12(10)14-13(9)11/h2,4-7H,1H3. The summed E-state index contributed by atoms with van der Waals surface area (Å²) in [5, 5.41) is 2.27. The first kappa shape index (κ1) is 7.46. The summed E-state index contributed by atoms with van der Waals surface area (Å²) < 4.78 is 5.70. The number of furan rings is 1. The van der Waals surface area contributed by atoms with Crippen LogP contribution in [-0.4, -0.2) is 0 Å². The molecule has 0 atom stereocenters. The zero-order valence-corrected chi connectivity index (χ0v) is 7.79. The molecule has 0 unspecified atom stereocenters. The van der Waals surface area contributed by atoms with Crippen LogP contribution in [0, 0.1) is 19.1 Å². The van der Waals surface area contributed by atoms with Crippen LogP contribution in [0.25, 0.3) is 21.9 Å². The molecule has 0 aliphatic carbocycles. The molecule has 0 aliphatic rings. The van der Waals surface area contributed by atoms with E-state index in [-0.39, 0.29) is 0 Å². The maximum absolute atomic E-state index is 5.70. The number of fused-ring (bicyclic) bond motifs is 3. The van der Waals surface area contributed by atoms with E-state index in [4.69, 9.17) is 4.42 Å². The number of aryl methyl sites for hydroxylation is 1. The Morgan fingerprint density at radius 1 is 1.14 bits per heavy atom. The third-order valence-electron chi connectivity index (χ3n) is 2.47. The lowest BCUT2D eigenvalue weighted by Crippen LogP contribution is -1.70. The van der Waals surface area contributed by atoms with Crippen molar-refractivity contribution in [3.8, 4) is 0 Å². The van der Waals surface area contributed by atoms with Gasteiger partial charge in [-0.15, -0.1) is 0 Å². The number of hydrogen-bond acceptors (Lipinski definition) is 1. The highest BCUT2D eigenvalue weighted by Gasteiger charge is 2.06. The molecule has 1 nitrogen and oxygen atoms in total. The lowest BCUT2D eigenvalue weighted by Gasteiger charge is -1.91. The van der Waals surface area contributed by atoms with E-state index < -0.39 is 0 Å². The van der Waals surface area contributed by atoms with E-state index in [1.165, 1.54) is 0 Å². The van der Waals surface area contributed by atoms with Gasteiger partial charge in [-0.2, -0.15) is 0 Å². The summed E-state index contributed by atoms with van der Waals surface area (Å²) in [5.74, 6) is 0. The zero-order chi connectivity index (χ0) is 9.54. The summed E-state index contributed by atoms with van der Waals surface area (Å²) in [4.78, 5) is 0. The van der Waals surface area contributed by atoms with Gasteiger partial charge in [0.05, 0.1) is 0 Å². The van der Waals surface area contributed by atoms with Crippen molar-refractivity contribution in [2.75, 3.05) is 0 Å². The molecular weight excluding hydrogens is 172 g/mol. The quantitative estimate of drug-likeness (QED) is 0.516. The zero-order valence-electron chi connectivity index (χ0n) is 7.79. The van der Waals surface area contributed by atoms with Crippen LogP contribution in [0.5, 0.6) is 0 Å². The van der Waals surface area contributed by atoms with E-state index in [2.05, 4.69) is 31.2 Å². The Morgan fingerprint density at radius 3 is 3.00 bits per heavy atom. The van der Waals surface area contributed by atoms with Crippen LogP contribution in [0.3, 0.4) is 0 Å². The van der Waals surface area contributed by atoms with Gasteiger partial charge in [-0.3, -0.25) is 0 Å². The van der Waals surface area contributed by atoms with Crippen LogP contribution in [0.2, 0.25) is 0 Å². The maximum Gasteiger partial charge on any atom is 0.185 e. The van der Waals surface area contributed by atoms with Crippen LogP contribution >= 0.6 is 0 Å². The monoisotopic (exact) mass is 180 g/mol. The fourth-order valence-electron chi connectivity index (χ4n) is 1.77. The molecule has 0 radical (unpaired) electrons. The molecule has 1 heteroatoms. The van der Waals surface area contributed by atoms with Gasteiger partial charge in [-0.25, -0.2) is 0 Å². The molecule has 0 spiro atoms. The lowest BCUT2D eigenvalue weighted by molar-refractivity contribution is 0.666. The molecule has 0 saturated carbocycles. The van der Waals surface area contributed by atoms with E-state index in [1.54, 1.807) is 0 Å². The number of para-hydroxylation sites is 1. The normalized spacial score (nSPS) is 10.6. The van der Waals surface area contributed by atoms with Crippen molar-refractivity contribution in [3.63, 3.8) is 0 Å². The second-order valence-electron chi connectivity index (χ2n) is 3.40. The fourth-order valence-corrected chi connectivity index (χ4v) is 1.77. The average Bonchev–Trinajstić information content (AvgIpc) is 2.59. The van der Waals surface area contributed by atoms with E-state index >= 15 is 0 Å². The summed E-state index contributed by atoms with van der Waals surface area (Å²) in [6, 6.07) is 15.9. The highest BCUT2D eigenvalue weighted by molar-refractivity contribution is 6.05. The molecule has 2 aromatic carbocycles. The number of hydrogen-bond donors (Lipinski definition) is 0.